The van der Waals surface area contributed by atoms with Gasteiger partial charge in [-0.05, 0) is 42.5 Å². The molecule has 7 heteroatoms. The zero-order valence-corrected chi connectivity index (χ0v) is 14.6. The lowest BCUT2D eigenvalue weighted by atomic mass is 10.1. The Hall–Kier alpha value is -3.48. The minimum absolute atomic E-state index is 0.0506. The number of carbonyl (C=O) groups is 2. The monoisotopic (exact) mass is 368 g/mol. The Bertz CT molecular complexity index is 868. The van der Waals surface area contributed by atoms with Crippen LogP contribution in [0.25, 0.3) is 6.08 Å². The van der Waals surface area contributed by atoms with Crippen molar-refractivity contribution in [3.05, 3.63) is 59.7 Å². The summed E-state index contributed by atoms with van der Waals surface area (Å²) in [5.74, 6) is -0.395. The van der Waals surface area contributed by atoms with Gasteiger partial charge in [0.2, 0.25) is 5.91 Å². The van der Waals surface area contributed by atoms with Crippen LogP contribution in [0.2, 0.25) is 0 Å². The van der Waals surface area contributed by atoms with Crippen LogP contribution in [0.4, 0.5) is 0 Å². The van der Waals surface area contributed by atoms with Gasteiger partial charge in [-0.2, -0.15) is 0 Å². The molecule has 0 aromatic heterocycles. The van der Waals surface area contributed by atoms with E-state index in [-0.39, 0.29) is 29.1 Å². The summed E-state index contributed by atoms with van der Waals surface area (Å²) < 4.78 is 0. The SMILES string of the molecule is O=C(/C=C/c1ccc(O)cc1O)N1CCN(C(=O)c2ccc(O)cc2)CC1. The Kier molecular flexibility index (Phi) is 5.30. The van der Waals surface area contributed by atoms with E-state index in [0.29, 0.717) is 37.3 Å². The Morgan fingerprint density at radius 1 is 0.815 bits per heavy atom. The number of hydrogen-bond donors (Lipinski definition) is 3. The van der Waals surface area contributed by atoms with Crippen molar-refractivity contribution >= 4 is 17.9 Å². The number of aromatic hydroxyl groups is 3. The van der Waals surface area contributed by atoms with Gasteiger partial charge in [-0.1, -0.05) is 0 Å². The van der Waals surface area contributed by atoms with Crippen molar-refractivity contribution in [3.8, 4) is 17.2 Å². The van der Waals surface area contributed by atoms with Crippen molar-refractivity contribution in [2.24, 2.45) is 0 Å². The fraction of sp³-hybridized carbons (Fsp3) is 0.200. The van der Waals surface area contributed by atoms with Gasteiger partial charge in [-0.25, -0.2) is 0 Å². The Morgan fingerprint density at radius 2 is 1.41 bits per heavy atom. The van der Waals surface area contributed by atoms with Gasteiger partial charge < -0.3 is 25.1 Å². The Morgan fingerprint density at radius 3 is 2.04 bits per heavy atom. The van der Waals surface area contributed by atoms with Crippen molar-refractivity contribution in [2.45, 2.75) is 0 Å². The van der Waals surface area contributed by atoms with Gasteiger partial charge in [0.1, 0.15) is 17.2 Å². The van der Waals surface area contributed by atoms with Crippen LogP contribution in [-0.4, -0.2) is 63.1 Å². The van der Waals surface area contributed by atoms with Gasteiger partial charge in [0.15, 0.2) is 0 Å². The number of amides is 2. The standard InChI is InChI=1S/C20H20N2O5/c23-16-5-2-15(3-6-16)20(27)22-11-9-21(10-12-22)19(26)8-4-14-1-7-17(24)13-18(14)25/h1-8,13,23-25H,9-12H2/b8-4+. The highest BCUT2D eigenvalue weighted by Crippen LogP contribution is 2.23. The van der Waals surface area contributed by atoms with Crippen LogP contribution in [0.3, 0.4) is 0 Å². The molecule has 0 unspecified atom stereocenters. The van der Waals surface area contributed by atoms with E-state index in [4.69, 9.17) is 0 Å². The predicted octanol–water partition coefficient (Wildman–Crippen LogP) is 1.80. The molecule has 3 rings (SSSR count). The zero-order chi connectivity index (χ0) is 19.4. The summed E-state index contributed by atoms with van der Waals surface area (Å²) in [5, 5.41) is 28.3. The van der Waals surface area contributed by atoms with Crippen LogP contribution in [0.1, 0.15) is 15.9 Å². The first-order chi connectivity index (χ1) is 12.9. The third-order valence-corrected chi connectivity index (χ3v) is 4.41. The normalized spacial score (nSPS) is 14.5. The van der Waals surface area contributed by atoms with Crippen molar-refractivity contribution in [1.82, 2.24) is 9.80 Å². The highest BCUT2D eigenvalue weighted by Gasteiger charge is 2.23. The summed E-state index contributed by atoms with van der Waals surface area (Å²) >= 11 is 0. The summed E-state index contributed by atoms with van der Waals surface area (Å²) in [7, 11) is 0. The molecular formula is C20H20N2O5. The molecule has 1 aliphatic rings. The number of phenolic OH excluding ortho intramolecular Hbond substituents is 3. The van der Waals surface area contributed by atoms with Crippen LogP contribution in [0.15, 0.2) is 48.5 Å². The van der Waals surface area contributed by atoms with Crippen LogP contribution in [-0.2, 0) is 4.79 Å². The molecule has 0 atom stereocenters. The molecule has 2 aromatic rings. The molecule has 2 aromatic carbocycles. The molecule has 0 bridgehead atoms. The van der Waals surface area contributed by atoms with Crippen LogP contribution in [0, 0.1) is 0 Å². The topological polar surface area (TPSA) is 101 Å². The fourth-order valence-electron chi connectivity index (χ4n) is 2.86. The number of phenols is 3. The number of piperazine rings is 1. The highest BCUT2D eigenvalue weighted by atomic mass is 16.3. The van der Waals surface area contributed by atoms with Crippen LogP contribution < -0.4 is 0 Å². The number of hydrogen-bond acceptors (Lipinski definition) is 5. The molecule has 1 aliphatic heterocycles. The molecule has 1 heterocycles. The first kappa shape index (κ1) is 18.3. The number of nitrogens with zero attached hydrogens (tertiary/aromatic N) is 2. The summed E-state index contributed by atoms with van der Waals surface area (Å²) in [6.07, 6.45) is 2.86. The summed E-state index contributed by atoms with van der Waals surface area (Å²) in [4.78, 5) is 28.1. The van der Waals surface area contributed by atoms with E-state index in [0.717, 1.165) is 0 Å². The predicted molar refractivity (Wildman–Crippen MR) is 99.4 cm³/mol. The fourth-order valence-corrected chi connectivity index (χ4v) is 2.86. The molecule has 0 radical (unpaired) electrons. The second kappa shape index (κ2) is 7.82. The lowest BCUT2D eigenvalue weighted by Gasteiger charge is -2.34. The summed E-state index contributed by atoms with van der Waals surface area (Å²) in [6, 6.07) is 10.2. The number of benzene rings is 2. The van der Waals surface area contributed by atoms with Gasteiger partial charge >= 0.3 is 0 Å². The van der Waals surface area contributed by atoms with Crippen molar-refractivity contribution < 1.29 is 24.9 Å². The average Bonchev–Trinajstić information content (AvgIpc) is 2.67. The Labute approximate surface area is 156 Å². The Balaban J connectivity index is 1.56. The van der Waals surface area contributed by atoms with E-state index in [2.05, 4.69) is 0 Å². The lowest BCUT2D eigenvalue weighted by Crippen LogP contribution is -2.50. The molecule has 0 aliphatic carbocycles. The molecule has 2 amide bonds. The van der Waals surface area contributed by atoms with Gasteiger partial charge in [0.05, 0.1) is 0 Å². The second-order valence-corrected chi connectivity index (χ2v) is 6.24. The van der Waals surface area contributed by atoms with Crippen molar-refractivity contribution in [2.75, 3.05) is 26.2 Å². The van der Waals surface area contributed by atoms with Gasteiger partial charge in [-0.3, -0.25) is 9.59 Å². The van der Waals surface area contributed by atoms with Crippen LogP contribution >= 0.6 is 0 Å². The maximum Gasteiger partial charge on any atom is 0.253 e. The molecule has 0 saturated carbocycles. The molecule has 0 spiro atoms. The molecule has 27 heavy (non-hydrogen) atoms. The minimum atomic E-state index is -0.209. The number of carbonyl (C=O) groups excluding carboxylic acids is 2. The molecule has 3 N–H and O–H groups in total. The largest absolute Gasteiger partial charge is 0.508 e. The number of rotatable bonds is 3. The molecule has 140 valence electrons. The second-order valence-electron chi connectivity index (χ2n) is 6.24. The molecule has 1 saturated heterocycles. The first-order valence-corrected chi connectivity index (χ1v) is 8.51. The molecule has 1 fully saturated rings. The maximum absolute atomic E-state index is 12.4. The highest BCUT2D eigenvalue weighted by molar-refractivity contribution is 5.95. The third-order valence-electron chi connectivity index (χ3n) is 4.41. The van der Waals surface area contributed by atoms with Gasteiger partial charge in [0, 0.05) is 49.4 Å². The lowest BCUT2D eigenvalue weighted by molar-refractivity contribution is -0.127. The van der Waals surface area contributed by atoms with E-state index in [1.54, 1.807) is 21.9 Å². The minimum Gasteiger partial charge on any atom is -0.508 e. The van der Waals surface area contributed by atoms with Crippen molar-refractivity contribution in [3.63, 3.8) is 0 Å². The smallest absolute Gasteiger partial charge is 0.253 e. The summed E-state index contributed by atoms with van der Waals surface area (Å²) in [5.41, 5.74) is 0.928. The van der Waals surface area contributed by atoms with Gasteiger partial charge in [0.25, 0.3) is 5.91 Å². The third kappa shape index (κ3) is 4.38. The van der Waals surface area contributed by atoms with E-state index in [1.165, 1.54) is 42.5 Å². The first-order valence-electron chi connectivity index (χ1n) is 8.51. The van der Waals surface area contributed by atoms with Crippen molar-refractivity contribution in [1.29, 1.82) is 0 Å². The van der Waals surface area contributed by atoms with Crippen LogP contribution in [0.5, 0.6) is 17.2 Å². The van der Waals surface area contributed by atoms with E-state index >= 15 is 0 Å². The van der Waals surface area contributed by atoms with E-state index in [1.807, 2.05) is 0 Å². The summed E-state index contributed by atoms with van der Waals surface area (Å²) in [6.45, 7) is 1.66. The maximum atomic E-state index is 12.4. The van der Waals surface area contributed by atoms with E-state index < -0.39 is 0 Å². The quantitative estimate of drug-likeness (QED) is 0.717. The molecular weight excluding hydrogens is 348 g/mol. The molecule has 7 nitrogen and oxygen atoms in total. The average molecular weight is 368 g/mol. The van der Waals surface area contributed by atoms with Gasteiger partial charge in [-0.15, -0.1) is 0 Å². The zero-order valence-electron chi connectivity index (χ0n) is 14.6. The van der Waals surface area contributed by atoms with E-state index in [9.17, 15) is 24.9 Å².